The monoisotopic (exact) mass is 289 g/mol. The summed E-state index contributed by atoms with van der Waals surface area (Å²) in [7, 11) is 0. The molecule has 2 atom stereocenters. The highest BCUT2D eigenvalue weighted by atomic mass is 16.3. The number of hydrogen-bond acceptors (Lipinski definition) is 4. The van der Waals surface area contributed by atoms with Crippen LogP contribution in [0.25, 0.3) is 0 Å². The lowest BCUT2D eigenvalue weighted by Gasteiger charge is -2.15. The number of amides is 1. The highest BCUT2D eigenvalue weighted by Gasteiger charge is 2.27. The first-order valence-electron chi connectivity index (χ1n) is 7.74. The molecule has 0 bridgehead atoms. The summed E-state index contributed by atoms with van der Waals surface area (Å²) in [5.74, 6) is -0.0705. The molecule has 0 saturated carbocycles. The van der Waals surface area contributed by atoms with Gasteiger partial charge in [-0.3, -0.25) is 9.69 Å². The summed E-state index contributed by atoms with van der Waals surface area (Å²) < 4.78 is 0. The average molecular weight is 289 g/mol. The van der Waals surface area contributed by atoms with E-state index in [1.807, 2.05) is 12.1 Å². The number of aliphatic hydroxyl groups is 1. The van der Waals surface area contributed by atoms with Gasteiger partial charge in [0.15, 0.2) is 0 Å². The van der Waals surface area contributed by atoms with Gasteiger partial charge in [0.05, 0.1) is 12.1 Å². The van der Waals surface area contributed by atoms with Crippen LogP contribution in [0.2, 0.25) is 0 Å². The molecule has 0 aromatic heterocycles. The van der Waals surface area contributed by atoms with Gasteiger partial charge in [0.25, 0.3) is 0 Å². The normalized spacial score (nSPS) is 26.1. The summed E-state index contributed by atoms with van der Waals surface area (Å²) in [5, 5.41) is 15.4. The first kappa shape index (κ1) is 14.5. The number of carbonyl (C=O) groups excluding carboxylic acids is 1. The molecule has 1 aromatic carbocycles. The van der Waals surface area contributed by atoms with Crippen LogP contribution in [0.3, 0.4) is 0 Å². The zero-order valence-corrected chi connectivity index (χ0v) is 12.2. The molecule has 1 amide bonds. The number of anilines is 1. The van der Waals surface area contributed by atoms with Crippen LogP contribution in [0.4, 0.5) is 5.69 Å². The molecule has 1 aromatic rings. The van der Waals surface area contributed by atoms with Crippen LogP contribution in [-0.4, -0.2) is 47.7 Å². The predicted molar refractivity (Wildman–Crippen MR) is 82.0 cm³/mol. The largest absolute Gasteiger partial charge is 0.392 e. The molecule has 2 fully saturated rings. The van der Waals surface area contributed by atoms with Gasteiger partial charge >= 0.3 is 0 Å². The molecular weight excluding hydrogens is 266 g/mol. The van der Waals surface area contributed by atoms with Crippen molar-refractivity contribution in [1.29, 1.82) is 0 Å². The Morgan fingerprint density at radius 2 is 2.00 bits per heavy atom. The van der Waals surface area contributed by atoms with E-state index in [-0.39, 0.29) is 11.9 Å². The van der Waals surface area contributed by atoms with Crippen molar-refractivity contribution in [2.24, 2.45) is 0 Å². The van der Waals surface area contributed by atoms with Crippen LogP contribution >= 0.6 is 0 Å². The fourth-order valence-electron chi connectivity index (χ4n) is 3.04. The molecule has 2 heterocycles. The van der Waals surface area contributed by atoms with Crippen molar-refractivity contribution in [1.82, 2.24) is 10.2 Å². The standard InChI is InChI=1S/C16H23N3O2/c20-14-9-15(17-10-14)16(21)18-13-5-3-12(4-6-13)11-19-7-1-2-8-19/h3-6,14-15,17,20H,1-2,7-11H2,(H,18,21). The maximum atomic E-state index is 12.0. The number of aliphatic hydroxyl groups excluding tert-OH is 1. The van der Waals surface area contributed by atoms with Crippen molar-refractivity contribution in [2.45, 2.75) is 38.0 Å². The quantitative estimate of drug-likeness (QED) is 0.772. The van der Waals surface area contributed by atoms with Gasteiger partial charge in [0.1, 0.15) is 0 Å². The number of benzene rings is 1. The van der Waals surface area contributed by atoms with Gasteiger partial charge in [-0.2, -0.15) is 0 Å². The summed E-state index contributed by atoms with van der Waals surface area (Å²) in [6, 6.07) is 7.77. The van der Waals surface area contributed by atoms with Crippen molar-refractivity contribution in [3.63, 3.8) is 0 Å². The van der Waals surface area contributed by atoms with Gasteiger partial charge in [0.2, 0.25) is 5.91 Å². The molecule has 2 aliphatic heterocycles. The van der Waals surface area contributed by atoms with Gasteiger partial charge in [-0.25, -0.2) is 0 Å². The number of nitrogens with zero attached hydrogens (tertiary/aromatic N) is 1. The third-order valence-electron chi connectivity index (χ3n) is 4.25. The third-order valence-corrected chi connectivity index (χ3v) is 4.25. The second kappa shape index (κ2) is 6.56. The summed E-state index contributed by atoms with van der Waals surface area (Å²) in [6.07, 6.45) is 2.67. The Balaban J connectivity index is 1.53. The molecule has 21 heavy (non-hydrogen) atoms. The maximum Gasteiger partial charge on any atom is 0.241 e. The zero-order chi connectivity index (χ0) is 14.7. The Morgan fingerprint density at radius 1 is 1.29 bits per heavy atom. The van der Waals surface area contributed by atoms with Gasteiger partial charge in [-0.1, -0.05) is 12.1 Å². The lowest BCUT2D eigenvalue weighted by atomic mass is 10.1. The third kappa shape index (κ3) is 3.81. The number of hydrogen-bond donors (Lipinski definition) is 3. The van der Waals surface area contributed by atoms with Crippen molar-refractivity contribution in [2.75, 3.05) is 25.0 Å². The van der Waals surface area contributed by atoms with Crippen LogP contribution in [0, 0.1) is 0 Å². The van der Waals surface area contributed by atoms with E-state index < -0.39 is 6.10 Å². The number of rotatable bonds is 4. The lowest BCUT2D eigenvalue weighted by Crippen LogP contribution is -2.35. The highest BCUT2D eigenvalue weighted by Crippen LogP contribution is 2.16. The smallest absolute Gasteiger partial charge is 0.241 e. The molecule has 5 nitrogen and oxygen atoms in total. The van der Waals surface area contributed by atoms with Crippen LogP contribution in [0.5, 0.6) is 0 Å². The van der Waals surface area contributed by atoms with E-state index in [1.165, 1.54) is 31.5 Å². The van der Waals surface area contributed by atoms with E-state index in [9.17, 15) is 9.90 Å². The van der Waals surface area contributed by atoms with Crippen LogP contribution in [-0.2, 0) is 11.3 Å². The Hall–Kier alpha value is -1.43. The van der Waals surface area contributed by atoms with Crippen molar-refractivity contribution < 1.29 is 9.90 Å². The fraction of sp³-hybridized carbons (Fsp3) is 0.562. The zero-order valence-electron chi connectivity index (χ0n) is 12.2. The van der Waals surface area contributed by atoms with Gasteiger partial charge in [-0.05, 0) is 50.0 Å². The Labute approximate surface area is 125 Å². The van der Waals surface area contributed by atoms with Gasteiger partial charge in [0, 0.05) is 18.8 Å². The molecule has 0 radical (unpaired) electrons. The SMILES string of the molecule is O=C(Nc1ccc(CN2CCCC2)cc1)C1CC(O)CN1. The molecule has 3 rings (SSSR count). The Morgan fingerprint density at radius 3 is 2.62 bits per heavy atom. The number of likely N-dealkylation sites (tertiary alicyclic amines) is 1. The summed E-state index contributed by atoms with van der Waals surface area (Å²) in [5.41, 5.74) is 2.10. The van der Waals surface area contributed by atoms with E-state index in [1.54, 1.807) is 0 Å². The van der Waals surface area contributed by atoms with Crippen LogP contribution < -0.4 is 10.6 Å². The highest BCUT2D eigenvalue weighted by molar-refractivity contribution is 5.95. The summed E-state index contributed by atoms with van der Waals surface area (Å²) in [6.45, 7) is 3.86. The number of carbonyl (C=O) groups is 1. The summed E-state index contributed by atoms with van der Waals surface area (Å²) in [4.78, 5) is 14.5. The molecule has 3 N–H and O–H groups in total. The molecule has 0 aliphatic carbocycles. The van der Waals surface area contributed by atoms with Crippen molar-refractivity contribution >= 4 is 11.6 Å². The van der Waals surface area contributed by atoms with E-state index in [4.69, 9.17) is 0 Å². The number of β-amino-alcohol motifs (C(OH)–C–C–N with tert-alkyl or cyclic N) is 1. The van der Waals surface area contributed by atoms with E-state index in [0.29, 0.717) is 13.0 Å². The predicted octanol–water partition coefficient (Wildman–Crippen LogP) is 0.944. The first-order chi connectivity index (χ1) is 10.2. The second-order valence-electron chi connectivity index (χ2n) is 6.02. The lowest BCUT2D eigenvalue weighted by molar-refractivity contribution is -0.117. The topological polar surface area (TPSA) is 64.6 Å². The molecule has 2 saturated heterocycles. The molecular formula is C16H23N3O2. The van der Waals surface area contributed by atoms with Crippen LogP contribution in [0.1, 0.15) is 24.8 Å². The first-order valence-corrected chi connectivity index (χ1v) is 7.74. The maximum absolute atomic E-state index is 12.0. The van der Waals surface area contributed by atoms with Gasteiger partial charge in [-0.15, -0.1) is 0 Å². The van der Waals surface area contributed by atoms with Gasteiger partial charge < -0.3 is 15.7 Å². The average Bonchev–Trinajstić information content (AvgIpc) is 3.12. The summed E-state index contributed by atoms with van der Waals surface area (Å²) >= 11 is 0. The van der Waals surface area contributed by atoms with Crippen LogP contribution in [0.15, 0.2) is 24.3 Å². The van der Waals surface area contributed by atoms with E-state index in [2.05, 4.69) is 27.7 Å². The second-order valence-corrected chi connectivity index (χ2v) is 6.02. The minimum Gasteiger partial charge on any atom is -0.392 e. The van der Waals surface area contributed by atoms with E-state index >= 15 is 0 Å². The Kier molecular flexibility index (Phi) is 4.53. The molecule has 0 spiro atoms. The Bertz CT molecular complexity index is 483. The van der Waals surface area contributed by atoms with E-state index in [0.717, 1.165) is 12.2 Å². The van der Waals surface area contributed by atoms with Crippen molar-refractivity contribution in [3.05, 3.63) is 29.8 Å². The minimum absolute atomic E-state index is 0.0705. The molecule has 2 unspecified atom stereocenters. The fourth-order valence-corrected chi connectivity index (χ4v) is 3.04. The molecule has 2 aliphatic rings. The number of nitrogens with one attached hydrogen (secondary N) is 2. The van der Waals surface area contributed by atoms with Crippen molar-refractivity contribution in [3.8, 4) is 0 Å². The minimum atomic E-state index is -0.413. The molecule has 114 valence electrons. The molecule has 5 heteroatoms.